The number of nitrogens with one attached hydrogen (secondary N) is 1. The number of anilines is 1. The summed E-state index contributed by atoms with van der Waals surface area (Å²) in [6, 6.07) is 9.43. The Labute approximate surface area is 181 Å². The minimum absolute atomic E-state index is 0.0198. The van der Waals surface area contributed by atoms with Crippen LogP contribution in [0, 0.1) is 15.9 Å². The van der Waals surface area contributed by atoms with E-state index < -0.39 is 23.3 Å². The summed E-state index contributed by atoms with van der Waals surface area (Å²) in [4.78, 5) is 22.3. The third-order valence-corrected chi connectivity index (χ3v) is 4.52. The lowest BCUT2D eigenvalue weighted by Crippen LogP contribution is -2.22. The molecule has 0 aliphatic carbocycles. The largest absolute Gasteiger partial charge is 0.484 e. The van der Waals surface area contributed by atoms with E-state index in [9.17, 15) is 24.5 Å². The number of ether oxygens (including phenoxy) is 1. The molecular formula is C18H13BrFN5O6. The second-order valence-electron chi connectivity index (χ2n) is 6.02. The molecule has 0 radical (unpaired) electrons. The van der Waals surface area contributed by atoms with Crippen LogP contribution in [0.1, 0.15) is 11.3 Å². The average Bonchev–Trinajstić information content (AvgIpc) is 3.21. The number of benzene rings is 2. The van der Waals surface area contributed by atoms with E-state index in [2.05, 4.69) is 41.3 Å². The Morgan fingerprint density at radius 2 is 2.03 bits per heavy atom. The average molecular weight is 494 g/mol. The van der Waals surface area contributed by atoms with Gasteiger partial charge in [0, 0.05) is 18.6 Å². The molecule has 1 aromatic heterocycles. The van der Waals surface area contributed by atoms with E-state index in [1.807, 2.05) is 0 Å². The third kappa shape index (κ3) is 5.60. The molecule has 3 rings (SSSR count). The fraction of sp³-hybridized carbons (Fsp3) is 0.111. The van der Waals surface area contributed by atoms with Gasteiger partial charge >= 0.3 is 0 Å². The maximum atomic E-state index is 13.4. The number of amides is 1. The van der Waals surface area contributed by atoms with Crippen LogP contribution in [0.25, 0.3) is 0 Å². The molecule has 0 saturated heterocycles. The van der Waals surface area contributed by atoms with Crippen LogP contribution in [-0.2, 0) is 11.2 Å². The van der Waals surface area contributed by atoms with Crippen LogP contribution in [0.5, 0.6) is 5.75 Å². The summed E-state index contributed by atoms with van der Waals surface area (Å²) in [5, 5.41) is 32.8. The zero-order valence-corrected chi connectivity index (χ0v) is 17.1. The first-order valence-corrected chi connectivity index (χ1v) is 9.31. The molecule has 0 fully saturated rings. The quantitative estimate of drug-likeness (QED) is 0.209. The van der Waals surface area contributed by atoms with Crippen LogP contribution in [0.4, 0.5) is 15.9 Å². The normalized spacial score (nSPS) is 11.2. The van der Waals surface area contributed by atoms with E-state index in [4.69, 9.17) is 4.74 Å². The van der Waals surface area contributed by atoms with Gasteiger partial charge in [-0.05, 0) is 56.1 Å². The number of nitro benzene ring substituents is 1. The van der Waals surface area contributed by atoms with Crippen molar-refractivity contribution in [1.29, 1.82) is 0 Å². The zero-order chi connectivity index (χ0) is 22.4. The number of halogens is 2. The summed E-state index contributed by atoms with van der Waals surface area (Å²) in [5.41, 5.74) is 0.486. The predicted molar refractivity (Wildman–Crippen MR) is 108 cm³/mol. The fourth-order valence-electron chi connectivity index (χ4n) is 2.45. The first kappa shape index (κ1) is 21.8. The fourth-order valence-corrected chi connectivity index (χ4v) is 2.88. The van der Waals surface area contributed by atoms with E-state index in [1.54, 1.807) is 0 Å². The maximum absolute atomic E-state index is 13.4. The molecular weight excluding hydrogens is 481 g/mol. The topological polar surface area (TPSA) is 153 Å². The maximum Gasteiger partial charge on any atom is 0.269 e. The molecule has 0 spiro atoms. The van der Waals surface area contributed by atoms with Gasteiger partial charge in [-0.1, -0.05) is 11.2 Å². The zero-order valence-electron chi connectivity index (χ0n) is 15.5. The molecule has 2 N–H and O–H groups in total. The second kappa shape index (κ2) is 9.75. The summed E-state index contributed by atoms with van der Waals surface area (Å²) < 4.78 is 23.5. The molecule has 11 nitrogen and oxygen atoms in total. The van der Waals surface area contributed by atoms with Gasteiger partial charge in [-0.2, -0.15) is 0 Å². The Hall–Kier alpha value is -3.87. The van der Waals surface area contributed by atoms with Gasteiger partial charge in [0.1, 0.15) is 17.3 Å². The number of rotatable bonds is 8. The Balaban J connectivity index is 1.63. The van der Waals surface area contributed by atoms with Gasteiger partial charge in [0.25, 0.3) is 11.6 Å². The number of hydrogen-bond donors (Lipinski definition) is 2. The highest BCUT2D eigenvalue weighted by atomic mass is 79.9. The molecule has 1 amide bonds. The van der Waals surface area contributed by atoms with Crippen molar-refractivity contribution in [3.8, 4) is 5.75 Å². The van der Waals surface area contributed by atoms with Gasteiger partial charge in [0.05, 0.1) is 9.40 Å². The Morgan fingerprint density at radius 1 is 1.29 bits per heavy atom. The Kier molecular flexibility index (Phi) is 6.87. The standard InChI is InChI=1S/C18H13BrFN5O6/c19-13-7-10(1-6-14(13)20)8-15(22-27)17-18(24-31-23-17)21-16(26)9-30-12-4-2-11(3-5-12)25(28)29/h1-7,27H,8-9H2,(H,21,24,26). The van der Waals surface area contributed by atoms with Crippen molar-refractivity contribution in [2.75, 3.05) is 11.9 Å². The number of nitro groups is 1. The predicted octanol–water partition coefficient (Wildman–Crippen LogP) is 3.32. The lowest BCUT2D eigenvalue weighted by molar-refractivity contribution is -0.384. The molecule has 0 saturated carbocycles. The molecule has 0 aliphatic rings. The first-order valence-electron chi connectivity index (χ1n) is 8.52. The lowest BCUT2D eigenvalue weighted by atomic mass is 10.1. The number of aromatic nitrogens is 2. The monoisotopic (exact) mass is 493 g/mol. The molecule has 0 unspecified atom stereocenters. The smallest absolute Gasteiger partial charge is 0.269 e. The molecule has 3 aromatic rings. The number of oxime groups is 1. The van der Waals surface area contributed by atoms with Gasteiger partial charge < -0.3 is 15.3 Å². The summed E-state index contributed by atoms with van der Waals surface area (Å²) in [6.07, 6.45) is 0.0474. The number of carbonyl (C=O) groups is 1. The Morgan fingerprint density at radius 3 is 2.68 bits per heavy atom. The van der Waals surface area contributed by atoms with Crippen LogP contribution >= 0.6 is 15.9 Å². The van der Waals surface area contributed by atoms with Crippen molar-refractivity contribution in [3.63, 3.8) is 0 Å². The SMILES string of the molecule is O=C(COc1ccc([N+](=O)[O-])cc1)Nc1nonc1C(Cc1ccc(F)c(Br)c1)=NO. The van der Waals surface area contributed by atoms with E-state index in [-0.39, 0.29) is 39.6 Å². The van der Waals surface area contributed by atoms with Crippen LogP contribution in [0.3, 0.4) is 0 Å². The number of carbonyl (C=O) groups excluding carboxylic acids is 1. The van der Waals surface area contributed by atoms with E-state index in [1.165, 1.54) is 42.5 Å². The minimum atomic E-state index is -0.628. The Bertz CT molecular complexity index is 1130. The van der Waals surface area contributed by atoms with E-state index >= 15 is 0 Å². The highest BCUT2D eigenvalue weighted by Crippen LogP contribution is 2.20. The lowest BCUT2D eigenvalue weighted by Gasteiger charge is -2.07. The van der Waals surface area contributed by atoms with Crippen LogP contribution in [0.2, 0.25) is 0 Å². The summed E-state index contributed by atoms with van der Waals surface area (Å²) in [5.74, 6) is -0.933. The number of nitrogens with zero attached hydrogens (tertiary/aromatic N) is 4. The van der Waals surface area contributed by atoms with Gasteiger partial charge in [-0.25, -0.2) is 9.02 Å². The third-order valence-electron chi connectivity index (χ3n) is 3.91. The van der Waals surface area contributed by atoms with E-state index in [0.29, 0.717) is 5.56 Å². The summed E-state index contributed by atoms with van der Waals surface area (Å²) in [7, 11) is 0. The molecule has 0 bridgehead atoms. The van der Waals surface area contributed by atoms with Crippen molar-refractivity contribution < 1.29 is 28.7 Å². The molecule has 13 heteroatoms. The van der Waals surface area contributed by atoms with Crippen LogP contribution in [-0.4, -0.2) is 38.7 Å². The van der Waals surface area contributed by atoms with Crippen molar-refractivity contribution in [2.24, 2.45) is 5.16 Å². The number of hydrogen-bond acceptors (Lipinski definition) is 9. The van der Waals surface area contributed by atoms with E-state index in [0.717, 1.165) is 0 Å². The molecule has 160 valence electrons. The molecule has 2 aromatic carbocycles. The number of non-ortho nitro benzene ring substituents is 1. The molecule has 31 heavy (non-hydrogen) atoms. The van der Waals surface area contributed by atoms with Gasteiger partial charge in [0.15, 0.2) is 12.3 Å². The van der Waals surface area contributed by atoms with Crippen LogP contribution in [0.15, 0.2) is 56.7 Å². The molecule has 0 atom stereocenters. The highest BCUT2D eigenvalue weighted by Gasteiger charge is 2.20. The van der Waals surface area contributed by atoms with Gasteiger partial charge in [0.2, 0.25) is 5.82 Å². The first-order chi connectivity index (χ1) is 14.9. The second-order valence-corrected chi connectivity index (χ2v) is 6.88. The molecule has 0 aliphatic heterocycles. The molecule has 1 heterocycles. The minimum Gasteiger partial charge on any atom is -0.484 e. The van der Waals surface area contributed by atoms with Gasteiger partial charge in [-0.3, -0.25) is 14.9 Å². The van der Waals surface area contributed by atoms with Crippen molar-refractivity contribution in [3.05, 3.63) is 74.1 Å². The van der Waals surface area contributed by atoms with Crippen molar-refractivity contribution >= 4 is 39.1 Å². The van der Waals surface area contributed by atoms with Crippen LogP contribution < -0.4 is 10.1 Å². The summed E-state index contributed by atoms with van der Waals surface area (Å²) in [6.45, 7) is -0.430. The summed E-state index contributed by atoms with van der Waals surface area (Å²) >= 11 is 3.07. The van der Waals surface area contributed by atoms with Crippen molar-refractivity contribution in [1.82, 2.24) is 10.3 Å². The highest BCUT2D eigenvalue weighted by molar-refractivity contribution is 9.10. The van der Waals surface area contributed by atoms with Gasteiger partial charge in [-0.15, -0.1) is 0 Å². The van der Waals surface area contributed by atoms with Crippen molar-refractivity contribution in [2.45, 2.75) is 6.42 Å².